The Bertz CT molecular complexity index is 2130. The topological polar surface area (TPSA) is 147 Å². The number of hydrogen-bond acceptors (Lipinski definition) is 9. The number of hydrogen-bond donors (Lipinski definition) is 2. The number of aromatic nitrogens is 5. The smallest absolute Gasteiger partial charge is 0.416 e. The molecule has 3 aliphatic rings. The Morgan fingerprint density at radius 3 is 2.65 bits per heavy atom. The summed E-state index contributed by atoms with van der Waals surface area (Å²) in [5, 5.41) is 17.5. The number of fused-ring (bicyclic) bond motifs is 3. The number of alkyl halides is 4. The van der Waals surface area contributed by atoms with Crippen LogP contribution in [0.4, 0.5) is 28.9 Å². The van der Waals surface area contributed by atoms with Crippen molar-refractivity contribution in [3.8, 4) is 5.75 Å². The molecule has 0 spiro atoms. The van der Waals surface area contributed by atoms with Crippen LogP contribution in [0.15, 0.2) is 47.4 Å². The Kier molecular flexibility index (Phi) is 8.77. The Balaban J connectivity index is 1.28. The first-order valence-electron chi connectivity index (χ1n) is 16.5. The molecule has 3 aliphatic heterocycles. The van der Waals surface area contributed by atoms with Crippen molar-refractivity contribution in [3.63, 3.8) is 0 Å². The number of halogens is 4. The van der Waals surface area contributed by atoms with Gasteiger partial charge in [-0.15, -0.1) is 5.10 Å². The lowest BCUT2D eigenvalue weighted by atomic mass is 10.1. The van der Waals surface area contributed by atoms with Crippen LogP contribution in [-0.2, 0) is 28.7 Å². The number of nitrogens with zero attached hydrogens (tertiary/aromatic N) is 7. The van der Waals surface area contributed by atoms with Crippen LogP contribution < -0.4 is 15.8 Å². The zero-order valence-electron chi connectivity index (χ0n) is 27.7. The minimum atomic E-state index is -4.55. The molecule has 1 aromatic carbocycles. The van der Waals surface area contributed by atoms with Crippen molar-refractivity contribution in [1.82, 2.24) is 29.0 Å². The number of ether oxygens (including phenoxy) is 1. The van der Waals surface area contributed by atoms with Crippen molar-refractivity contribution in [1.29, 1.82) is 0 Å². The summed E-state index contributed by atoms with van der Waals surface area (Å²) in [5.74, 6) is -1.18. The van der Waals surface area contributed by atoms with Crippen LogP contribution in [-0.4, -0.2) is 90.5 Å². The summed E-state index contributed by atoms with van der Waals surface area (Å²) < 4.78 is 63.4. The zero-order chi connectivity index (χ0) is 36.2. The highest BCUT2D eigenvalue weighted by Crippen LogP contribution is 2.37. The fourth-order valence-corrected chi connectivity index (χ4v) is 7.19. The van der Waals surface area contributed by atoms with E-state index >= 15 is 4.39 Å². The molecule has 2 bridgehead atoms. The molecule has 3 unspecified atom stereocenters. The lowest BCUT2D eigenvalue weighted by Gasteiger charge is -2.42. The minimum absolute atomic E-state index is 0.0109. The van der Waals surface area contributed by atoms with Gasteiger partial charge in [-0.05, 0) is 61.2 Å². The third kappa shape index (κ3) is 6.19. The van der Waals surface area contributed by atoms with Gasteiger partial charge in [0.1, 0.15) is 24.2 Å². The quantitative estimate of drug-likeness (QED) is 0.274. The number of benzene rings is 1. The Morgan fingerprint density at radius 2 is 1.98 bits per heavy atom. The van der Waals surface area contributed by atoms with Crippen LogP contribution in [0.3, 0.4) is 0 Å². The molecule has 2 saturated heterocycles. The van der Waals surface area contributed by atoms with Gasteiger partial charge in [0, 0.05) is 31.4 Å². The lowest BCUT2D eigenvalue weighted by Crippen LogP contribution is -2.58. The third-order valence-electron chi connectivity index (χ3n) is 9.58. The number of piperazine rings is 1. The molecule has 6 heterocycles. The second kappa shape index (κ2) is 13.1. The van der Waals surface area contributed by atoms with E-state index in [1.165, 1.54) is 36.2 Å². The maximum atomic E-state index is 15.6. The zero-order valence-corrected chi connectivity index (χ0v) is 27.7. The molecule has 0 radical (unpaired) electrons. The summed E-state index contributed by atoms with van der Waals surface area (Å²) in [4.78, 5) is 53.2. The number of carbonyl (C=O) groups is 2. The molecular formula is C34H34F4N8O5. The maximum absolute atomic E-state index is 15.6. The molecule has 7 rings (SSSR count). The van der Waals surface area contributed by atoms with E-state index in [-0.39, 0.29) is 72.5 Å². The number of nitrogens with one attached hydrogen (secondary N) is 1. The molecule has 2 N–H and O–H groups in total. The first kappa shape index (κ1) is 34.1. The van der Waals surface area contributed by atoms with E-state index in [4.69, 9.17) is 4.74 Å². The first-order chi connectivity index (χ1) is 24.3. The molecule has 0 aliphatic carbocycles. The monoisotopic (exact) mass is 710 g/mol. The van der Waals surface area contributed by atoms with Gasteiger partial charge in [0.2, 0.25) is 11.7 Å². The summed E-state index contributed by atoms with van der Waals surface area (Å²) in [5.41, 5.74) is 0.131. The van der Waals surface area contributed by atoms with Gasteiger partial charge in [-0.3, -0.25) is 14.4 Å². The van der Waals surface area contributed by atoms with Crippen LogP contribution in [0.2, 0.25) is 0 Å². The molecule has 51 heavy (non-hydrogen) atoms. The largest absolute Gasteiger partial charge is 0.505 e. The normalized spacial score (nSPS) is 20.5. The Hall–Kier alpha value is -5.32. The van der Waals surface area contributed by atoms with Gasteiger partial charge >= 0.3 is 6.18 Å². The van der Waals surface area contributed by atoms with Crippen molar-refractivity contribution in [2.75, 3.05) is 36.5 Å². The van der Waals surface area contributed by atoms with Crippen LogP contribution in [0.25, 0.3) is 11.4 Å². The molecule has 0 saturated carbocycles. The van der Waals surface area contributed by atoms with E-state index in [1.807, 2.05) is 6.08 Å². The van der Waals surface area contributed by atoms with E-state index < -0.39 is 47.4 Å². The first-order valence-corrected chi connectivity index (χ1v) is 16.5. The lowest BCUT2D eigenvalue weighted by molar-refractivity contribution is -0.137. The number of carbonyl (C=O) groups excluding carboxylic acids is 2. The molecule has 3 atom stereocenters. The summed E-state index contributed by atoms with van der Waals surface area (Å²) in [7, 11) is 0. The Morgan fingerprint density at radius 1 is 1.18 bits per heavy atom. The van der Waals surface area contributed by atoms with Crippen molar-refractivity contribution in [3.05, 3.63) is 81.3 Å². The summed E-state index contributed by atoms with van der Waals surface area (Å²) in [6.45, 7) is 3.64. The average Bonchev–Trinajstić information content (AvgIpc) is 3.63. The van der Waals surface area contributed by atoms with Crippen molar-refractivity contribution in [2.45, 2.75) is 64.1 Å². The van der Waals surface area contributed by atoms with Crippen LogP contribution >= 0.6 is 0 Å². The van der Waals surface area contributed by atoms with E-state index in [0.717, 1.165) is 22.2 Å². The van der Waals surface area contributed by atoms with E-state index in [2.05, 4.69) is 20.4 Å². The number of aryl methyl sites for hydroxylation is 1. The summed E-state index contributed by atoms with van der Waals surface area (Å²) in [6, 6.07) is 4.19. The van der Waals surface area contributed by atoms with E-state index in [1.54, 1.807) is 16.4 Å². The maximum Gasteiger partial charge on any atom is 0.416 e. The second-order valence-corrected chi connectivity index (χ2v) is 12.8. The fraction of sp³-hybridized carbons (Fsp3) is 0.412. The van der Waals surface area contributed by atoms with Gasteiger partial charge in [-0.2, -0.15) is 22.7 Å². The standard InChI is InChI=1S/C34H34F4N8O5/c1-3-24-29(43-15-21-14-22(35)25(16-43)45(21)31(49)28-26(47)5-4-10-39-28)32(50)46-33(41-30(42-46)19-8-11-51-12-9-19)44(24)17-27(48)40-23-7-6-20(13-18(23)2)34(36,37)38/h4-8,10,13,21-22,25,47H,3,9,11-12,14-17H2,1-2H3,(H,40,48). The van der Waals surface area contributed by atoms with Gasteiger partial charge in [-0.1, -0.05) is 13.0 Å². The molecule has 17 heteroatoms. The van der Waals surface area contributed by atoms with Gasteiger partial charge < -0.3 is 29.5 Å². The van der Waals surface area contributed by atoms with E-state index in [9.17, 15) is 32.7 Å². The molecule has 2 fully saturated rings. The van der Waals surface area contributed by atoms with Gasteiger partial charge in [0.05, 0.1) is 36.6 Å². The number of amides is 2. The Labute approximate surface area is 288 Å². The number of aromatic hydroxyl groups is 1. The van der Waals surface area contributed by atoms with Gasteiger partial charge in [0.15, 0.2) is 11.5 Å². The predicted octanol–water partition coefficient (Wildman–Crippen LogP) is 3.77. The van der Waals surface area contributed by atoms with Crippen LogP contribution in [0.1, 0.15) is 52.9 Å². The summed E-state index contributed by atoms with van der Waals surface area (Å²) in [6.07, 6.45) is -2.05. The molecule has 3 aromatic heterocycles. The predicted molar refractivity (Wildman–Crippen MR) is 176 cm³/mol. The molecule has 2 amide bonds. The highest BCUT2D eigenvalue weighted by atomic mass is 19.4. The van der Waals surface area contributed by atoms with Crippen molar-refractivity contribution in [2.24, 2.45) is 0 Å². The second-order valence-electron chi connectivity index (χ2n) is 12.8. The van der Waals surface area contributed by atoms with Crippen LogP contribution in [0.5, 0.6) is 5.75 Å². The third-order valence-corrected chi connectivity index (χ3v) is 9.58. The number of anilines is 2. The number of rotatable bonds is 7. The van der Waals surface area contributed by atoms with Crippen molar-refractivity contribution < 1.29 is 37.0 Å². The van der Waals surface area contributed by atoms with Crippen LogP contribution in [0, 0.1) is 6.92 Å². The molecule has 268 valence electrons. The molecular weight excluding hydrogens is 676 g/mol. The SMILES string of the molecule is CCc1c(N2CC3CC(F)C(C2)N3C(=O)c2ncccc2O)c(=O)n2nc(C3=CCOCC3)nc2n1CC(=O)Nc1ccc(C(F)(F)F)cc1C. The van der Waals surface area contributed by atoms with Gasteiger partial charge in [0.25, 0.3) is 11.5 Å². The molecule has 4 aromatic rings. The molecule has 13 nitrogen and oxygen atoms in total. The number of pyridine rings is 1. The fourth-order valence-electron chi connectivity index (χ4n) is 7.19. The highest BCUT2D eigenvalue weighted by molar-refractivity contribution is 5.96. The highest BCUT2D eigenvalue weighted by Gasteiger charge is 2.50. The van der Waals surface area contributed by atoms with Crippen molar-refractivity contribution >= 4 is 34.5 Å². The van der Waals surface area contributed by atoms with Gasteiger partial charge in [-0.25, -0.2) is 9.37 Å². The average molecular weight is 711 g/mol. The minimum Gasteiger partial charge on any atom is -0.505 e. The van der Waals surface area contributed by atoms with E-state index in [0.29, 0.717) is 25.3 Å². The summed E-state index contributed by atoms with van der Waals surface area (Å²) >= 11 is 0.